The lowest BCUT2D eigenvalue weighted by Crippen LogP contribution is -2.45. The molecule has 0 saturated carbocycles. The normalized spacial score (nSPS) is 14.8. The molecule has 1 atom stereocenters. The van der Waals surface area contributed by atoms with Gasteiger partial charge in [0.05, 0.1) is 16.6 Å². The molecule has 1 aromatic carbocycles. The summed E-state index contributed by atoms with van der Waals surface area (Å²) in [6.07, 6.45) is 0.306. The standard InChI is InChI=1S/C18H28Cl3NO3Si/c1-17(2,3)26(4,5)25-9-8-18(24,12-22-16(23)11-19)13-6-7-14(20)15(21)10-13/h6-7,10,24H,8-9,11-12H2,1-5H3,(H,22,23)/t18-/m0/s1. The molecular formula is C18H28Cl3NO3Si. The van der Waals surface area contributed by atoms with Gasteiger partial charge in [-0.1, -0.05) is 50.0 Å². The van der Waals surface area contributed by atoms with Crippen LogP contribution in [0, 0.1) is 0 Å². The van der Waals surface area contributed by atoms with Crippen LogP contribution >= 0.6 is 34.8 Å². The second-order valence-corrected chi connectivity index (χ2v) is 13.8. The molecule has 0 radical (unpaired) electrons. The lowest BCUT2D eigenvalue weighted by molar-refractivity contribution is -0.120. The van der Waals surface area contributed by atoms with E-state index in [0.29, 0.717) is 28.6 Å². The molecule has 8 heteroatoms. The average Bonchev–Trinajstić information content (AvgIpc) is 2.53. The Kier molecular flexibility index (Phi) is 8.45. The summed E-state index contributed by atoms with van der Waals surface area (Å²) in [5, 5.41) is 14.7. The number of hydrogen-bond donors (Lipinski definition) is 2. The summed E-state index contributed by atoms with van der Waals surface area (Å²) >= 11 is 17.6. The van der Waals surface area contributed by atoms with Gasteiger partial charge in [0.2, 0.25) is 5.91 Å². The summed E-state index contributed by atoms with van der Waals surface area (Å²) in [5.41, 5.74) is -0.765. The fraction of sp³-hybridized carbons (Fsp3) is 0.611. The second-order valence-electron chi connectivity index (χ2n) is 7.93. The van der Waals surface area contributed by atoms with E-state index in [0.717, 1.165) is 0 Å². The molecule has 0 unspecified atom stereocenters. The number of aliphatic hydroxyl groups is 1. The van der Waals surface area contributed by atoms with E-state index in [4.69, 9.17) is 39.2 Å². The third-order valence-corrected chi connectivity index (χ3v) is 10.5. The van der Waals surface area contributed by atoms with Gasteiger partial charge in [0.1, 0.15) is 11.5 Å². The number of amides is 1. The molecular weight excluding hydrogens is 413 g/mol. The Morgan fingerprint density at radius 1 is 1.23 bits per heavy atom. The molecule has 4 nitrogen and oxygen atoms in total. The highest BCUT2D eigenvalue weighted by atomic mass is 35.5. The molecule has 0 aliphatic carbocycles. The van der Waals surface area contributed by atoms with E-state index >= 15 is 0 Å². The molecule has 2 N–H and O–H groups in total. The SMILES string of the molecule is CC(C)(C)[Si](C)(C)OCC[C@](O)(CNC(=O)CCl)c1ccc(Cl)c(Cl)c1. The zero-order valence-corrected chi connectivity index (χ0v) is 19.2. The molecule has 1 aromatic rings. The number of halogens is 3. The molecule has 148 valence electrons. The van der Waals surface area contributed by atoms with Crippen LogP contribution in [-0.4, -0.2) is 38.4 Å². The average molecular weight is 441 g/mol. The van der Waals surface area contributed by atoms with E-state index in [1.165, 1.54) is 0 Å². The summed E-state index contributed by atoms with van der Waals surface area (Å²) in [7, 11) is -1.94. The maximum atomic E-state index is 11.5. The van der Waals surface area contributed by atoms with Crippen LogP contribution in [0.1, 0.15) is 32.8 Å². The Labute approximate surface area is 172 Å². The van der Waals surface area contributed by atoms with Crippen molar-refractivity contribution in [2.75, 3.05) is 19.0 Å². The fourth-order valence-electron chi connectivity index (χ4n) is 2.10. The first-order chi connectivity index (χ1) is 11.8. The molecule has 0 aliphatic heterocycles. The highest BCUT2D eigenvalue weighted by Crippen LogP contribution is 2.37. The third-order valence-electron chi connectivity index (χ3n) is 4.94. The van der Waals surface area contributed by atoms with Crippen molar-refractivity contribution in [3.63, 3.8) is 0 Å². The van der Waals surface area contributed by atoms with E-state index in [-0.39, 0.29) is 23.4 Å². The summed E-state index contributed by atoms with van der Waals surface area (Å²) in [6.45, 7) is 11.2. The number of benzene rings is 1. The van der Waals surface area contributed by atoms with Gasteiger partial charge >= 0.3 is 0 Å². The number of carbonyl (C=O) groups is 1. The van der Waals surface area contributed by atoms with E-state index in [1.54, 1.807) is 18.2 Å². The molecule has 0 aliphatic rings. The van der Waals surface area contributed by atoms with Crippen molar-refractivity contribution in [2.24, 2.45) is 0 Å². The molecule has 0 saturated heterocycles. The topological polar surface area (TPSA) is 58.6 Å². The Hall–Kier alpha value is -0.303. The van der Waals surface area contributed by atoms with Crippen LogP contribution in [0.5, 0.6) is 0 Å². The maximum Gasteiger partial charge on any atom is 0.235 e. The van der Waals surface area contributed by atoms with Gasteiger partial charge in [0.15, 0.2) is 8.32 Å². The van der Waals surface area contributed by atoms with Gasteiger partial charge in [-0.2, -0.15) is 0 Å². The molecule has 0 aromatic heterocycles. The smallest absolute Gasteiger partial charge is 0.235 e. The Balaban J connectivity index is 2.97. The minimum atomic E-state index is -1.94. The minimum absolute atomic E-state index is 0.0113. The van der Waals surface area contributed by atoms with Crippen LogP contribution in [-0.2, 0) is 14.8 Å². The van der Waals surface area contributed by atoms with E-state index in [1.807, 2.05) is 0 Å². The van der Waals surface area contributed by atoms with Crippen LogP contribution in [0.2, 0.25) is 28.2 Å². The van der Waals surface area contributed by atoms with Crippen LogP contribution < -0.4 is 5.32 Å². The van der Waals surface area contributed by atoms with Crippen molar-refractivity contribution in [2.45, 2.75) is 50.9 Å². The monoisotopic (exact) mass is 439 g/mol. The maximum absolute atomic E-state index is 11.5. The Morgan fingerprint density at radius 3 is 2.35 bits per heavy atom. The lowest BCUT2D eigenvalue weighted by Gasteiger charge is -2.37. The number of alkyl halides is 1. The van der Waals surface area contributed by atoms with E-state index in [2.05, 4.69) is 39.2 Å². The molecule has 1 amide bonds. The van der Waals surface area contributed by atoms with Crippen LogP contribution in [0.15, 0.2) is 18.2 Å². The Bertz CT molecular complexity index is 635. The fourth-order valence-corrected chi connectivity index (χ4v) is 3.54. The van der Waals surface area contributed by atoms with Crippen molar-refractivity contribution < 1.29 is 14.3 Å². The highest BCUT2D eigenvalue weighted by molar-refractivity contribution is 6.74. The van der Waals surface area contributed by atoms with Gasteiger partial charge < -0.3 is 14.8 Å². The van der Waals surface area contributed by atoms with Crippen molar-refractivity contribution >= 4 is 49.0 Å². The lowest BCUT2D eigenvalue weighted by atomic mass is 9.90. The van der Waals surface area contributed by atoms with Crippen LogP contribution in [0.25, 0.3) is 0 Å². The largest absolute Gasteiger partial charge is 0.417 e. The summed E-state index contributed by atoms with van der Waals surface area (Å²) in [6, 6.07) is 4.94. The van der Waals surface area contributed by atoms with Gasteiger partial charge in [0.25, 0.3) is 0 Å². The first-order valence-corrected chi connectivity index (χ1v) is 12.7. The summed E-state index contributed by atoms with van der Waals surface area (Å²) in [4.78, 5) is 11.5. The molecule has 26 heavy (non-hydrogen) atoms. The van der Waals surface area contributed by atoms with Crippen molar-refractivity contribution in [1.82, 2.24) is 5.32 Å². The zero-order chi connectivity index (χ0) is 20.2. The molecule has 0 heterocycles. The van der Waals surface area contributed by atoms with Crippen molar-refractivity contribution in [3.05, 3.63) is 33.8 Å². The first-order valence-electron chi connectivity index (χ1n) is 8.47. The quantitative estimate of drug-likeness (QED) is 0.444. The number of hydrogen-bond acceptors (Lipinski definition) is 3. The zero-order valence-electron chi connectivity index (χ0n) is 16.0. The van der Waals surface area contributed by atoms with Gasteiger partial charge in [-0.25, -0.2) is 0 Å². The third kappa shape index (κ3) is 6.39. The van der Waals surface area contributed by atoms with Gasteiger partial charge in [-0.05, 0) is 35.8 Å². The first kappa shape index (κ1) is 23.7. The highest BCUT2D eigenvalue weighted by Gasteiger charge is 2.38. The van der Waals surface area contributed by atoms with Crippen LogP contribution in [0.4, 0.5) is 0 Å². The predicted octanol–water partition coefficient (Wildman–Crippen LogP) is 4.95. The van der Waals surface area contributed by atoms with Crippen molar-refractivity contribution in [3.8, 4) is 0 Å². The van der Waals surface area contributed by atoms with Gasteiger partial charge in [-0.15, -0.1) is 11.6 Å². The van der Waals surface area contributed by atoms with Gasteiger partial charge in [-0.3, -0.25) is 4.79 Å². The molecule has 0 spiro atoms. The van der Waals surface area contributed by atoms with Crippen molar-refractivity contribution in [1.29, 1.82) is 0 Å². The van der Waals surface area contributed by atoms with E-state index in [9.17, 15) is 9.90 Å². The second kappa shape index (κ2) is 9.26. The summed E-state index contributed by atoms with van der Waals surface area (Å²) in [5.74, 6) is -0.520. The number of rotatable bonds is 8. The molecule has 0 fully saturated rings. The van der Waals surface area contributed by atoms with Gasteiger partial charge in [0, 0.05) is 13.0 Å². The minimum Gasteiger partial charge on any atom is -0.417 e. The summed E-state index contributed by atoms with van der Waals surface area (Å²) < 4.78 is 6.18. The van der Waals surface area contributed by atoms with Crippen LogP contribution in [0.3, 0.4) is 0 Å². The number of carbonyl (C=O) groups excluding carboxylic acids is 1. The Morgan fingerprint density at radius 2 is 1.85 bits per heavy atom. The molecule has 0 bridgehead atoms. The predicted molar refractivity (Wildman–Crippen MR) is 112 cm³/mol. The molecule has 1 rings (SSSR count). The van der Waals surface area contributed by atoms with E-state index < -0.39 is 13.9 Å². The number of nitrogens with one attached hydrogen (secondary N) is 1.